The molecule has 1 heterocycles. The van der Waals surface area contributed by atoms with Gasteiger partial charge in [-0.1, -0.05) is 28.1 Å². The van der Waals surface area contributed by atoms with Gasteiger partial charge in [0.15, 0.2) is 5.82 Å². The highest BCUT2D eigenvalue weighted by Crippen LogP contribution is 2.30. The molecular formula is C13H15BrN4O2. The molecule has 0 radical (unpaired) electrons. The molecule has 7 heteroatoms. The second-order valence-corrected chi connectivity index (χ2v) is 5.30. The Morgan fingerprint density at radius 2 is 2.10 bits per heavy atom. The van der Waals surface area contributed by atoms with Crippen molar-refractivity contribution in [3.05, 3.63) is 39.7 Å². The summed E-state index contributed by atoms with van der Waals surface area (Å²) in [7, 11) is 0. The molecule has 0 unspecified atom stereocenters. The van der Waals surface area contributed by atoms with E-state index in [9.17, 15) is 10.1 Å². The topological polar surface area (TPSA) is 73.8 Å². The van der Waals surface area contributed by atoms with Gasteiger partial charge in [-0.3, -0.25) is 10.1 Å². The summed E-state index contributed by atoms with van der Waals surface area (Å²) < 4.78 is 1.99. The Kier molecular flexibility index (Phi) is 4.17. The lowest BCUT2D eigenvalue weighted by Crippen LogP contribution is -2.07. The number of benzene rings is 1. The van der Waals surface area contributed by atoms with Gasteiger partial charge < -0.3 is 4.57 Å². The first-order valence-corrected chi connectivity index (χ1v) is 7.33. The molecule has 0 aliphatic heterocycles. The average Bonchev–Trinajstić information content (AvgIpc) is 2.82. The SMILES string of the molecule is Cc1c(-c2nnc(CBr)n2C(C)C)cccc1[N+](=O)[O-]. The number of alkyl halides is 1. The molecule has 0 atom stereocenters. The first-order valence-electron chi connectivity index (χ1n) is 6.21. The second-order valence-electron chi connectivity index (χ2n) is 4.74. The van der Waals surface area contributed by atoms with E-state index in [4.69, 9.17) is 0 Å². The largest absolute Gasteiger partial charge is 0.308 e. The lowest BCUT2D eigenvalue weighted by molar-refractivity contribution is -0.385. The molecule has 2 aromatic rings. The standard InChI is InChI=1S/C13H15BrN4O2/c1-8(2)17-12(7-14)15-16-13(17)10-5-4-6-11(9(10)3)18(19)20/h4-6,8H,7H2,1-3H3. The highest BCUT2D eigenvalue weighted by molar-refractivity contribution is 9.08. The van der Waals surface area contributed by atoms with Gasteiger partial charge in [-0.05, 0) is 20.8 Å². The van der Waals surface area contributed by atoms with Gasteiger partial charge in [0, 0.05) is 23.2 Å². The molecule has 0 fully saturated rings. The van der Waals surface area contributed by atoms with Gasteiger partial charge in [-0.25, -0.2) is 0 Å². The number of nitro groups is 1. The number of aromatic nitrogens is 3. The summed E-state index contributed by atoms with van der Waals surface area (Å²) in [5.74, 6) is 1.47. The molecule has 2 rings (SSSR count). The van der Waals surface area contributed by atoms with Crippen LogP contribution in [0.4, 0.5) is 5.69 Å². The quantitative estimate of drug-likeness (QED) is 0.484. The van der Waals surface area contributed by atoms with Crippen LogP contribution in [-0.4, -0.2) is 19.7 Å². The number of nitrogens with zero attached hydrogens (tertiary/aromatic N) is 4. The summed E-state index contributed by atoms with van der Waals surface area (Å²) in [6, 6.07) is 5.18. The van der Waals surface area contributed by atoms with Crippen LogP contribution in [0.2, 0.25) is 0 Å². The molecule has 0 aliphatic carbocycles. The van der Waals surface area contributed by atoms with Gasteiger partial charge in [0.1, 0.15) is 5.82 Å². The number of hydrogen-bond donors (Lipinski definition) is 0. The Morgan fingerprint density at radius 1 is 1.40 bits per heavy atom. The minimum absolute atomic E-state index is 0.0983. The number of rotatable bonds is 4. The third-order valence-electron chi connectivity index (χ3n) is 3.15. The number of halogens is 1. The maximum atomic E-state index is 11.0. The highest BCUT2D eigenvalue weighted by atomic mass is 79.9. The second kappa shape index (κ2) is 5.70. The van der Waals surface area contributed by atoms with E-state index in [-0.39, 0.29) is 16.7 Å². The van der Waals surface area contributed by atoms with E-state index in [0.29, 0.717) is 16.7 Å². The zero-order valence-corrected chi connectivity index (χ0v) is 13.1. The summed E-state index contributed by atoms with van der Waals surface area (Å²) in [6.07, 6.45) is 0. The van der Waals surface area contributed by atoms with Gasteiger partial charge in [0.2, 0.25) is 0 Å². The molecule has 1 aromatic carbocycles. The minimum Gasteiger partial charge on any atom is -0.308 e. The zero-order chi connectivity index (χ0) is 14.9. The van der Waals surface area contributed by atoms with E-state index < -0.39 is 0 Å². The molecule has 6 nitrogen and oxygen atoms in total. The van der Waals surface area contributed by atoms with Gasteiger partial charge in [-0.2, -0.15) is 0 Å². The van der Waals surface area contributed by atoms with Crippen molar-refractivity contribution in [3.63, 3.8) is 0 Å². The molecule has 20 heavy (non-hydrogen) atoms. The average molecular weight is 339 g/mol. The van der Waals surface area contributed by atoms with Gasteiger partial charge >= 0.3 is 0 Å². The van der Waals surface area contributed by atoms with Crippen LogP contribution in [0.15, 0.2) is 18.2 Å². The Labute approximate surface area is 125 Å². The summed E-state index contributed by atoms with van der Waals surface area (Å²) in [4.78, 5) is 10.7. The molecule has 0 saturated heterocycles. The maximum Gasteiger partial charge on any atom is 0.273 e. The van der Waals surface area contributed by atoms with E-state index in [1.54, 1.807) is 13.0 Å². The molecule has 0 N–H and O–H groups in total. The van der Waals surface area contributed by atoms with E-state index in [0.717, 1.165) is 11.4 Å². The summed E-state index contributed by atoms with van der Waals surface area (Å²) in [6.45, 7) is 5.80. The van der Waals surface area contributed by atoms with Crippen LogP contribution in [0.3, 0.4) is 0 Å². The predicted molar refractivity (Wildman–Crippen MR) is 79.9 cm³/mol. The normalized spacial score (nSPS) is 11.1. The smallest absolute Gasteiger partial charge is 0.273 e. The minimum atomic E-state index is -0.375. The van der Waals surface area contributed by atoms with E-state index in [2.05, 4.69) is 26.1 Å². The Hall–Kier alpha value is -1.76. The van der Waals surface area contributed by atoms with Crippen LogP contribution < -0.4 is 0 Å². The van der Waals surface area contributed by atoms with Gasteiger partial charge in [0.25, 0.3) is 5.69 Å². The molecule has 0 amide bonds. The van der Waals surface area contributed by atoms with Crippen molar-refractivity contribution in [3.8, 4) is 11.4 Å². The fourth-order valence-corrected chi connectivity index (χ4v) is 2.59. The van der Waals surface area contributed by atoms with Crippen molar-refractivity contribution < 1.29 is 4.92 Å². The Morgan fingerprint density at radius 3 is 2.65 bits per heavy atom. The predicted octanol–water partition coefficient (Wildman–Crippen LogP) is 3.64. The lowest BCUT2D eigenvalue weighted by Gasteiger charge is -2.14. The molecule has 0 spiro atoms. The molecular weight excluding hydrogens is 324 g/mol. The zero-order valence-electron chi connectivity index (χ0n) is 11.5. The maximum absolute atomic E-state index is 11.0. The lowest BCUT2D eigenvalue weighted by atomic mass is 10.1. The van der Waals surface area contributed by atoms with Crippen molar-refractivity contribution in [2.45, 2.75) is 32.1 Å². The van der Waals surface area contributed by atoms with Crippen molar-refractivity contribution >= 4 is 21.6 Å². The van der Waals surface area contributed by atoms with Crippen molar-refractivity contribution in [1.29, 1.82) is 0 Å². The van der Waals surface area contributed by atoms with E-state index in [1.807, 2.05) is 24.5 Å². The Bertz CT molecular complexity index is 652. The monoisotopic (exact) mass is 338 g/mol. The van der Waals surface area contributed by atoms with Crippen molar-refractivity contribution in [2.24, 2.45) is 0 Å². The summed E-state index contributed by atoms with van der Waals surface area (Å²) >= 11 is 3.39. The first-order chi connectivity index (χ1) is 9.47. The summed E-state index contributed by atoms with van der Waals surface area (Å²) in [5, 5.41) is 20.0. The molecule has 0 aliphatic rings. The molecule has 0 saturated carbocycles. The number of nitro benzene ring substituents is 1. The van der Waals surface area contributed by atoms with Crippen LogP contribution in [0.5, 0.6) is 0 Å². The van der Waals surface area contributed by atoms with Gasteiger partial charge in [-0.15, -0.1) is 10.2 Å². The van der Waals surface area contributed by atoms with Crippen LogP contribution in [-0.2, 0) is 5.33 Å². The van der Waals surface area contributed by atoms with Crippen LogP contribution >= 0.6 is 15.9 Å². The Balaban J connectivity index is 2.66. The summed E-state index contributed by atoms with van der Waals surface area (Å²) in [5.41, 5.74) is 1.45. The van der Waals surface area contributed by atoms with Crippen LogP contribution in [0.25, 0.3) is 11.4 Å². The van der Waals surface area contributed by atoms with Gasteiger partial charge in [0.05, 0.1) is 10.3 Å². The third kappa shape index (κ3) is 2.45. The van der Waals surface area contributed by atoms with Crippen molar-refractivity contribution in [2.75, 3.05) is 0 Å². The molecule has 1 aromatic heterocycles. The molecule has 0 bridgehead atoms. The molecule has 106 valence electrons. The van der Waals surface area contributed by atoms with Crippen LogP contribution in [0, 0.1) is 17.0 Å². The van der Waals surface area contributed by atoms with Crippen LogP contribution in [0.1, 0.15) is 31.3 Å². The first kappa shape index (κ1) is 14.6. The fraction of sp³-hybridized carbons (Fsp3) is 0.385. The highest BCUT2D eigenvalue weighted by Gasteiger charge is 2.21. The number of hydrogen-bond acceptors (Lipinski definition) is 4. The van der Waals surface area contributed by atoms with Crippen molar-refractivity contribution in [1.82, 2.24) is 14.8 Å². The van der Waals surface area contributed by atoms with E-state index >= 15 is 0 Å². The van der Waals surface area contributed by atoms with E-state index in [1.165, 1.54) is 6.07 Å². The third-order valence-corrected chi connectivity index (χ3v) is 3.65. The fourth-order valence-electron chi connectivity index (χ4n) is 2.20.